The number of aromatic hydroxyl groups is 1. The molecule has 0 bridgehead atoms. The van der Waals surface area contributed by atoms with E-state index in [4.69, 9.17) is 11.6 Å². The Morgan fingerprint density at radius 2 is 1.60 bits per heavy atom. The van der Waals surface area contributed by atoms with Crippen LogP contribution in [0.4, 0.5) is 13.2 Å². The van der Waals surface area contributed by atoms with E-state index in [-0.39, 0.29) is 5.75 Å². The van der Waals surface area contributed by atoms with Gasteiger partial charge in [-0.15, -0.1) is 0 Å². The summed E-state index contributed by atoms with van der Waals surface area (Å²) in [4.78, 5) is 0. The van der Waals surface area contributed by atoms with Crippen LogP contribution in [0.1, 0.15) is 16.7 Å². The van der Waals surface area contributed by atoms with Gasteiger partial charge in [0.1, 0.15) is 5.75 Å². The molecule has 20 heavy (non-hydrogen) atoms. The van der Waals surface area contributed by atoms with E-state index >= 15 is 0 Å². The highest BCUT2D eigenvalue weighted by Crippen LogP contribution is 2.39. The number of halogens is 4. The fourth-order valence-electron chi connectivity index (χ4n) is 2.13. The predicted molar refractivity (Wildman–Crippen MR) is 73.0 cm³/mol. The lowest BCUT2D eigenvalue weighted by Crippen LogP contribution is -2.04. The summed E-state index contributed by atoms with van der Waals surface area (Å²) in [6.07, 6.45) is -4.37. The Balaban J connectivity index is 2.56. The van der Waals surface area contributed by atoms with Crippen LogP contribution in [0, 0.1) is 13.8 Å². The average Bonchev–Trinajstić information content (AvgIpc) is 2.36. The van der Waals surface area contributed by atoms with Gasteiger partial charge in [-0.25, -0.2) is 0 Å². The van der Waals surface area contributed by atoms with Crippen LogP contribution in [0.25, 0.3) is 11.1 Å². The molecule has 1 nitrogen and oxygen atoms in total. The number of benzene rings is 2. The first-order chi connectivity index (χ1) is 9.21. The largest absolute Gasteiger partial charge is 0.507 e. The van der Waals surface area contributed by atoms with Gasteiger partial charge in [0.2, 0.25) is 0 Å². The minimum atomic E-state index is -4.37. The number of aryl methyl sites for hydroxylation is 1. The summed E-state index contributed by atoms with van der Waals surface area (Å²) < 4.78 is 37.6. The van der Waals surface area contributed by atoms with Gasteiger partial charge in [-0.3, -0.25) is 0 Å². The Labute approximate surface area is 119 Å². The smallest absolute Gasteiger partial charge is 0.416 e. The molecular formula is C15H12ClF3O. The van der Waals surface area contributed by atoms with Crippen molar-refractivity contribution < 1.29 is 18.3 Å². The third-order valence-electron chi connectivity index (χ3n) is 3.16. The van der Waals surface area contributed by atoms with Gasteiger partial charge < -0.3 is 5.11 Å². The molecule has 0 spiro atoms. The molecule has 0 aliphatic rings. The zero-order valence-corrected chi connectivity index (χ0v) is 11.6. The third-order valence-corrected chi connectivity index (χ3v) is 3.74. The maximum atomic E-state index is 12.5. The van der Waals surface area contributed by atoms with Crippen LogP contribution < -0.4 is 0 Å². The quantitative estimate of drug-likeness (QED) is 0.753. The Hall–Kier alpha value is -1.68. The van der Waals surface area contributed by atoms with Gasteiger partial charge in [0.15, 0.2) is 0 Å². The highest BCUT2D eigenvalue weighted by molar-refractivity contribution is 6.32. The molecule has 2 rings (SSSR count). The summed E-state index contributed by atoms with van der Waals surface area (Å²) in [6, 6.07) is 6.14. The first-order valence-corrected chi connectivity index (χ1v) is 6.26. The van der Waals surface area contributed by atoms with E-state index in [1.54, 1.807) is 13.8 Å². The van der Waals surface area contributed by atoms with Crippen LogP contribution >= 0.6 is 11.6 Å². The van der Waals surface area contributed by atoms with Gasteiger partial charge in [0.25, 0.3) is 0 Å². The second-order valence-electron chi connectivity index (χ2n) is 4.60. The molecule has 5 heteroatoms. The molecule has 0 atom stereocenters. The molecule has 0 aliphatic heterocycles. The number of hydrogen-bond acceptors (Lipinski definition) is 1. The zero-order chi connectivity index (χ0) is 15.1. The van der Waals surface area contributed by atoms with Crippen molar-refractivity contribution in [2.24, 2.45) is 0 Å². The van der Waals surface area contributed by atoms with Crippen molar-refractivity contribution in [1.29, 1.82) is 0 Å². The molecule has 0 unspecified atom stereocenters. The molecular weight excluding hydrogens is 289 g/mol. The lowest BCUT2D eigenvalue weighted by atomic mass is 9.96. The van der Waals surface area contributed by atoms with Crippen molar-refractivity contribution in [1.82, 2.24) is 0 Å². The molecule has 106 valence electrons. The highest BCUT2D eigenvalue weighted by atomic mass is 35.5. The summed E-state index contributed by atoms with van der Waals surface area (Å²) in [5.41, 5.74) is 1.59. The van der Waals surface area contributed by atoms with Gasteiger partial charge >= 0.3 is 6.18 Å². The summed E-state index contributed by atoms with van der Waals surface area (Å²) in [5.74, 6) is 0.00385. The minimum absolute atomic E-state index is 0.00385. The van der Waals surface area contributed by atoms with E-state index in [0.717, 1.165) is 17.7 Å². The van der Waals surface area contributed by atoms with Crippen LogP contribution in [0.2, 0.25) is 5.02 Å². The number of hydrogen-bond donors (Lipinski definition) is 1. The standard InChI is InChI=1S/C15H12ClF3O/c1-8-7-12(20)13(9(2)14(8)16)10-3-5-11(6-4-10)15(17,18)19/h3-7,20H,1-2H3. The second kappa shape index (κ2) is 5.02. The van der Waals surface area contributed by atoms with Gasteiger partial charge in [0, 0.05) is 10.6 Å². The van der Waals surface area contributed by atoms with Crippen molar-refractivity contribution in [3.63, 3.8) is 0 Å². The van der Waals surface area contributed by atoms with Gasteiger partial charge in [-0.05, 0) is 48.7 Å². The summed E-state index contributed by atoms with van der Waals surface area (Å²) in [5, 5.41) is 10.5. The van der Waals surface area contributed by atoms with E-state index in [1.165, 1.54) is 18.2 Å². The number of alkyl halides is 3. The molecule has 0 aromatic heterocycles. The van der Waals surface area contributed by atoms with E-state index in [2.05, 4.69) is 0 Å². The van der Waals surface area contributed by atoms with E-state index in [1.807, 2.05) is 0 Å². The van der Waals surface area contributed by atoms with Gasteiger partial charge in [-0.1, -0.05) is 23.7 Å². The average molecular weight is 301 g/mol. The molecule has 1 N–H and O–H groups in total. The van der Waals surface area contributed by atoms with Crippen molar-refractivity contribution in [2.45, 2.75) is 20.0 Å². The first kappa shape index (κ1) is 14.7. The monoisotopic (exact) mass is 300 g/mol. The number of phenolic OH excluding ortho intramolecular Hbond substituents is 1. The SMILES string of the molecule is Cc1cc(O)c(-c2ccc(C(F)(F)F)cc2)c(C)c1Cl. The molecule has 0 heterocycles. The normalized spacial score (nSPS) is 11.7. The minimum Gasteiger partial charge on any atom is -0.507 e. The van der Waals surface area contributed by atoms with Crippen molar-refractivity contribution in [2.75, 3.05) is 0 Å². The van der Waals surface area contributed by atoms with Crippen molar-refractivity contribution >= 4 is 11.6 Å². The highest BCUT2D eigenvalue weighted by Gasteiger charge is 2.30. The summed E-state index contributed by atoms with van der Waals surface area (Å²) in [6.45, 7) is 3.48. The molecule has 0 saturated carbocycles. The molecule has 0 fully saturated rings. The molecule has 0 saturated heterocycles. The summed E-state index contributed by atoms with van der Waals surface area (Å²) >= 11 is 6.12. The van der Waals surface area contributed by atoms with Crippen LogP contribution in [0.3, 0.4) is 0 Å². The molecule has 0 aliphatic carbocycles. The predicted octanol–water partition coefficient (Wildman–Crippen LogP) is 5.35. The maximum Gasteiger partial charge on any atom is 0.416 e. The summed E-state index contributed by atoms with van der Waals surface area (Å²) in [7, 11) is 0. The Kier molecular flexibility index (Phi) is 3.69. The maximum absolute atomic E-state index is 12.5. The van der Waals surface area contributed by atoms with Crippen LogP contribution in [-0.4, -0.2) is 5.11 Å². The van der Waals surface area contributed by atoms with Crippen LogP contribution in [0.5, 0.6) is 5.75 Å². The Bertz CT molecular complexity index is 646. The number of phenols is 1. The zero-order valence-electron chi connectivity index (χ0n) is 10.8. The van der Waals surface area contributed by atoms with Crippen molar-refractivity contribution in [3.05, 3.63) is 52.0 Å². The van der Waals surface area contributed by atoms with E-state index in [9.17, 15) is 18.3 Å². The molecule has 0 radical (unpaired) electrons. The van der Waals surface area contributed by atoms with Crippen LogP contribution in [0.15, 0.2) is 30.3 Å². The van der Waals surface area contributed by atoms with Crippen molar-refractivity contribution in [3.8, 4) is 16.9 Å². The lowest BCUT2D eigenvalue weighted by molar-refractivity contribution is -0.137. The molecule has 2 aromatic carbocycles. The molecule has 2 aromatic rings. The molecule has 0 amide bonds. The Morgan fingerprint density at radius 1 is 1.05 bits per heavy atom. The third kappa shape index (κ3) is 2.61. The lowest BCUT2D eigenvalue weighted by Gasteiger charge is -2.13. The Morgan fingerprint density at radius 3 is 2.10 bits per heavy atom. The fraction of sp³-hybridized carbons (Fsp3) is 0.200. The number of rotatable bonds is 1. The van der Waals surface area contributed by atoms with E-state index < -0.39 is 11.7 Å². The van der Waals surface area contributed by atoms with Gasteiger partial charge in [-0.2, -0.15) is 13.2 Å². The fourth-order valence-corrected chi connectivity index (χ4v) is 2.28. The van der Waals surface area contributed by atoms with E-state index in [0.29, 0.717) is 21.7 Å². The first-order valence-electron chi connectivity index (χ1n) is 5.88. The van der Waals surface area contributed by atoms with Gasteiger partial charge in [0.05, 0.1) is 5.56 Å². The van der Waals surface area contributed by atoms with Crippen LogP contribution in [-0.2, 0) is 6.18 Å². The second-order valence-corrected chi connectivity index (χ2v) is 4.98. The topological polar surface area (TPSA) is 20.2 Å².